The van der Waals surface area contributed by atoms with Gasteiger partial charge in [-0.15, -0.1) is 0 Å². The third-order valence-corrected chi connectivity index (χ3v) is 1.70. The highest BCUT2D eigenvalue weighted by Crippen LogP contribution is 2.25. The van der Waals surface area contributed by atoms with Crippen molar-refractivity contribution < 1.29 is 19.7 Å². The van der Waals surface area contributed by atoms with Gasteiger partial charge in [-0.1, -0.05) is 12.1 Å². The molecule has 0 saturated heterocycles. The lowest BCUT2D eigenvalue weighted by atomic mass is 10.3. The van der Waals surface area contributed by atoms with Crippen LogP contribution in [0.4, 0.5) is 0 Å². The van der Waals surface area contributed by atoms with Crippen LogP contribution >= 0.6 is 0 Å². The first-order valence-corrected chi connectivity index (χ1v) is 4.36. The molecule has 0 bridgehead atoms. The Morgan fingerprint density at radius 2 is 1.86 bits per heavy atom. The van der Waals surface area contributed by atoms with E-state index in [9.17, 15) is 0 Å². The third-order valence-electron chi connectivity index (χ3n) is 1.70. The van der Waals surface area contributed by atoms with E-state index in [1.165, 1.54) is 0 Å². The fourth-order valence-electron chi connectivity index (χ4n) is 1.01. The summed E-state index contributed by atoms with van der Waals surface area (Å²) in [5.41, 5.74) is 0. The highest BCUT2D eigenvalue weighted by atomic mass is 16.5. The second-order valence-corrected chi connectivity index (χ2v) is 2.77. The smallest absolute Gasteiger partial charge is 0.161 e. The second-order valence-electron chi connectivity index (χ2n) is 2.77. The van der Waals surface area contributed by atoms with Gasteiger partial charge in [0.05, 0.1) is 13.7 Å². The lowest BCUT2D eigenvalue weighted by molar-refractivity contribution is -0.0520. The summed E-state index contributed by atoms with van der Waals surface area (Å²) in [6, 6.07) is 7.22. The van der Waals surface area contributed by atoms with Crippen molar-refractivity contribution in [3.05, 3.63) is 24.3 Å². The number of hydrogen-bond acceptors (Lipinski definition) is 4. The first kappa shape index (κ1) is 10.8. The number of rotatable bonds is 5. The van der Waals surface area contributed by atoms with E-state index in [1.54, 1.807) is 19.2 Å². The number of methoxy groups -OCH3 is 1. The van der Waals surface area contributed by atoms with Gasteiger partial charge in [0.2, 0.25) is 0 Å². The summed E-state index contributed by atoms with van der Waals surface area (Å²) in [4.78, 5) is 0. The van der Waals surface area contributed by atoms with Crippen LogP contribution in [-0.2, 0) is 0 Å². The SMILES string of the molecule is COc1ccccc1OCCC(O)O. The molecular formula is C10H14O4. The van der Waals surface area contributed by atoms with Crippen LogP contribution in [0.2, 0.25) is 0 Å². The van der Waals surface area contributed by atoms with E-state index in [2.05, 4.69) is 0 Å². The molecule has 0 aliphatic rings. The number of benzene rings is 1. The number of para-hydroxylation sites is 2. The maximum absolute atomic E-state index is 8.60. The van der Waals surface area contributed by atoms with Gasteiger partial charge in [0, 0.05) is 6.42 Å². The standard InChI is InChI=1S/C10H14O4/c1-13-8-4-2-3-5-9(8)14-7-6-10(11)12/h2-5,10-12H,6-7H2,1H3. The molecule has 0 amide bonds. The fourth-order valence-corrected chi connectivity index (χ4v) is 1.01. The molecule has 4 heteroatoms. The summed E-state index contributed by atoms with van der Waals surface area (Å²) in [6.45, 7) is 0.248. The van der Waals surface area contributed by atoms with Crippen LogP contribution in [0, 0.1) is 0 Å². The minimum atomic E-state index is -1.33. The van der Waals surface area contributed by atoms with E-state index in [-0.39, 0.29) is 13.0 Å². The van der Waals surface area contributed by atoms with Crippen LogP contribution in [0.3, 0.4) is 0 Å². The minimum absolute atomic E-state index is 0.179. The Bertz CT molecular complexity index is 273. The Kier molecular flexibility index (Phi) is 4.22. The van der Waals surface area contributed by atoms with Crippen molar-refractivity contribution in [1.82, 2.24) is 0 Å². The van der Waals surface area contributed by atoms with E-state index in [0.717, 1.165) is 0 Å². The van der Waals surface area contributed by atoms with E-state index in [4.69, 9.17) is 19.7 Å². The predicted octanol–water partition coefficient (Wildman–Crippen LogP) is 0.775. The van der Waals surface area contributed by atoms with Crippen molar-refractivity contribution in [2.75, 3.05) is 13.7 Å². The van der Waals surface area contributed by atoms with Crippen molar-refractivity contribution in [3.8, 4) is 11.5 Å². The Labute approximate surface area is 82.7 Å². The molecule has 0 aromatic heterocycles. The van der Waals surface area contributed by atoms with E-state index >= 15 is 0 Å². The summed E-state index contributed by atoms with van der Waals surface area (Å²) in [7, 11) is 1.56. The molecule has 0 saturated carbocycles. The molecule has 0 fully saturated rings. The Hall–Kier alpha value is -1.26. The summed E-state index contributed by atoms with van der Waals surface area (Å²) < 4.78 is 10.3. The number of aliphatic hydroxyl groups is 2. The van der Waals surface area contributed by atoms with Crippen LogP contribution in [0.5, 0.6) is 11.5 Å². The summed E-state index contributed by atoms with van der Waals surface area (Å²) in [5, 5.41) is 17.2. The average Bonchev–Trinajstić information content (AvgIpc) is 2.18. The van der Waals surface area contributed by atoms with Gasteiger partial charge >= 0.3 is 0 Å². The molecular weight excluding hydrogens is 184 g/mol. The van der Waals surface area contributed by atoms with Gasteiger partial charge in [-0.3, -0.25) is 0 Å². The number of ether oxygens (including phenoxy) is 2. The number of aliphatic hydroxyl groups excluding tert-OH is 1. The van der Waals surface area contributed by atoms with Crippen LogP contribution < -0.4 is 9.47 Å². The second kappa shape index (κ2) is 5.47. The third kappa shape index (κ3) is 3.24. The molecule has 0 atom stereocenters. The molecule has 0 aliphatic carbocycles. The molecule has 0 unspecified atom stereocenters. The Morgan fingerprint density at radius 3 is 2.43 bits per heavy atom. The van der Waals surface area contributed by atoms with Crippen LogP contribution in [-0.4, -0.2) is 30.2 Å². The van der Waals surface area contributed by atoms with Gasteiger partial charge in [0.1, 0.15) is 0 Å². The summed E-state index contributed by atoms with van der Waals surface area (Å²) in [6.07, 6.45) is -1.15. The van der Waals surface area contributed by atoms with Crippen molar-refractivity contribution in [1.29, 1.82) is 0 Å². The van der Waals surface area contributed by atoms with Crippen molar-refractivity contribution in [3.63, 3.8) is 0 Å². The highest BCUT2D eigenvalue weighted by Gasteiger charge is 2.03. The molecule has 2 N–H and O–H groups in total. The summed E-state index contributed by atoms with van der Waals surface area (Å²) in [5.74, 6) is 1.25. The van der Waals surface area contributed by atoms with Crippen LogP contribution in [0.15, 0.2) is 24.3 Å². The molecule has 0 radical (unpaired) electrons. The fraction of sp³-hybridized carbons (Fsp3) is 0.400. The lowest BCUT2D eigenvalue weighted by Gasteiger charge is -2.10. The van der Waals surface area contributed by atoms with Gasteiger partial charge < -0.3 is 19.7 Å². The summed E-state index contributed by atoms with van der Waals surface area (Å²) >= 11 is 0. The zero-order valence-electron chi connectivity index (χ0n) is 8.01. The van der Waals surface area contributed by atoms with E-state index < -0.39 is 6.29 Å². The monoisotopic (exact) mass is 198 g/mol. The van der Waals surface area contributed by atoms with E-state index in [1.807, 2.05) is 12.1 Å². The van der Waals surface area contributed by atoms with Gasteiger partial charge in [-0.05, 0) is 12.1 Å². The van der Waals surface area contributed by atoms with Gasteiger partial charge in [0.15, 0.2) is 17.8 Å². The number of hydrogen-bond donors (Lipinski definition) is 2. The maximum Gasteiger partial charge on any atom is 0.161 e. The molecule has 1 rings (SSSR count). The highest BCUT2D eigenvalue weighted by molar-refractivity contribution is 5.39. The van der Waals surface area contributed by atoms with Gasteiger partial charge in [-0.2, -0.15) is 0 Å². The van der Waals surface area contributed by atoms with E-state index in [0.29, 0.717) is 11.5 Å². The molecule has 0 aliphatic heterocycles. The van der Waals surface area contributed by atoms with Gasteiger partial charge in [-0.25, -0.2) is 0 Å². The zero-order valence-corrected chi connectivity index (χ0v) is 8.01. The largest absolute Gasteiger partial charge is 0.493 e. The molecule has 0 spiro atoms. The molecule has 1 aromatic rings. The maximum atomic E-state index is 8.60. The van der Waals surface area contributed by atoms with Crippen LogP contribution in [0.1, 0.15) is 6.42 Å². The van der Waals surface area contributed by atoms with Crippen LogP contribution in [0.25, 0.3) is 0 Å². The molecule has 4 nitrogen and oxygen atoms in total. The normalized spacial score (nSPS) is 10.3. The Morgan fingerprint density at radius 1 is 1.21 bits per heavy atom. The minimum Gasteiger partial charge on any atom is -0.493 e. The first-order chi connectivity index (χ1) is 6.74. The molecule has 0 heterocycles. The van der Waals surface area contributed by atoms with Crippen molar-refractivity contribution >= 4 is 0 Å². The topological polar surface area (TPSA) is 58.9 Å². The zero-order chi connectivity index (χ0) is 10.4. The lowest BCUT2D eigenvalue weighted by Crippen LogP contribution is -2.10. The van der Waals surface area contributed by atoms with Crippen molar-refractivity contribution in [2.24, 2.45) is 0 Å². The molecule has 14 heavy (non-hydrogen) atoms. The average molecular weight is 198 g/mol. The first-order valence-electron chi connectivity index (χ1n) is 4.36. The Balaban J connectivity index is 2.49. The van der Waals surface area contributed by atoms with Gasteiger partial charge in [0.25, 0.3) is 0 Å². The predicted molar refractivity (Wildman–Crippen MR) is 51.3 cm³/mol. The molecule has 78 valence electrons. The quantitative estimate of drug-likeness (QED) is 0.686. The molecule has 1 aromatic carbocycles. The van der Waals surface area contributed by atoms with Crippen molar-refractivity contribution in [2.45, 2.75) is 12.7 Å².